The van der Waals surface area contributed by atoms with Crippen LogP contribution in [0, 0.1) is 0 Å². The summed E-state index contributed by atoms with van der Waals surface area (Å²) < 4.78 is 22.0. The predicted molar refractivity (Wildman–Crippen MR) is 71.8 cm³/mol. The third-order valence-electron chi connectivity index (χ3n) is 2.64. The maximum Gasteiger partial charge on any atom is 0.183 e. The van der Waals surface area contributed by atoms with Crippen molar-refractivity contribution in [1.29, 1.82) is 0 Å². The summed E-state index contributed by atoms with van der Waals surface area (Å²) in [6, 6.07) is 0. The van der Waals surface area contributed by atoms with Crippen molar-refractivity contribution in [3.8, 4) is 0 Å². The first-order valence-corrected chi connectivity index (χ1v) is 6.21. The monoisotopic (exact) mass is 270 g/mol. The minimum absolute atomic E-state index is 0.241. The molecule has 1 fully saturated rings. The van der Waals surface area contributed by atoms with Gasteiger partial charge in [-0.1, -0.05) is 18.2 Å². The minimum atomic E-state index is -1.04. The highest BCUT2D eigenvalue weighted by Crippen LogP contribution is 2.22. The Bertz CT molecular complexity index is 292. The van der Waals surface area contributed by atoms with Gasteiger partial charge >= 0.3 is 0 Å². The molecule has 1 rings (SSSR count). The van der Waals surface area contributed by atoms with Crippen LogP contribution in [0.2, 0.25) is 0 Å². The van der Waals surface area contributed by atoms with E-state index in [0.717, 1.165) is 0 Å². The largest absolute Gasteiger partial charge is 0.369 e. The molecule has 0 spiro atoms. The Morgan fingerprint density at radius 2 is 1.47 bits per heavy atom. The lowest BCUT2D eigenvalue weighted by Gasteiger charge is -2.39. The van der Waals surface area contributed by atoms with E-state index in [0.29, 0.717) is 19.8 Å². The average Bonchev–Trinajstić information content (AvgIpc) is 2.42. The number of rotatable bonds is 9. The molecule has 0 unspecified atom stereocenters. The normalized spacial score (nSPS) is 30.8. The molecule has 0 bridgehead atoms. The summed E-state index contributed by atoms with van der Waals surface area (Å²) in [4.78, 5) is 0. The first-order valence-electron chi connectivity index (χ1n) is 6.21. The van der Waals surface area contributed by atoms with Crippen LogP contribution in [0.1, 0.15) is 0 Å². The van der Waals surface area contributed by atoms with Crippen LogP contribution in [-0.2, 0) is 18.9 Å². The van der Waals surface area contributed by atoms with Gasteiger partial charge in [0.2, 0.25) is 0 Å². The maximum atomic E-state index is 9.85. The molecule has 1 N–H and O–H groups in total. The van der Waals surface area contributed by atoms with Crippen molar-refractivity contribution in [2.45, 2.75) is 24.6 Å². The van der Waals surface area contributed by atoms with Crippen molar-refractivity contribution in [1.82, 2.24) is 0 Å². The fourth-order valence-electron chi connectivity index (χ4n) is 1.83. The summed E-state index contributed by atoms with van der Waals surface area (Å²) in [5.74, 6) is 0. The summed E-state index contributed by atoms with van der Waals surface area (Å²) in [6.07, 6.45) is 2.47. The molecule has 0 amide bonds. The van der Waals surface area contributed by atoms with Crippen LogP contribution in [0.4, 0.5) is 0 Å². The van der Waals surface area contributed by atoms with Gasteiger partial charge < -0.3 is 24.1 Å². The second-order valence-electron chi connectivity index (χ2n) is 4.06. The first-order chi connectivity index (χ1) is 9.24. The fraction of sp³-hybridized carbons (Fsp3) is 0.571. The van der Waals surface area contributed by atoms with E-state index in [4.69, 9.17) is 18.9 Å². The molecule has 0 aliphatic carbocycles. The van der Waals surface area contributed by atoms with E-state index in [1.807, 2.05) is 0 Å². The van der Waals surface area contributed by atoms with Crippen LogP contribution >= 0.6 is 0 Å². The fourth-order valence-corrected chi connectivity index (χ4v) is 1.83. The Balaban J connectivity index is 2.70. The zero-order valence-electron chi connectivity index (χ0n) is 11.1. The van der Waals surface area contributed by atoms with E-state index in [1.54, 1.807) is 18.2 Å². The molecule has 0 aromatic rings. The summed E-state index contributed by atoms with van der Waals surface area (Å²) in [6.45, 7) is 12.0. The van der Waals surface area contributed by atoms with Gasteiger partial charge in [0.15, 0.2) is 6.29 Å². The number of hydrogen-bond acceptors (Lipinski definition) is 5. The van der Waals surface area contributed by atoms with Crippen LogP contribution in [0.15, 0.2) is 38.0 Å². The van der Waals surface area contributed by atoms with Crippen molar-refractivity contribution in [2.24, 2.45) is 0 Å². The van der Waals surface area contributed by atoms with Gasteiger partial charge in [0.05, 0.1) is 26.4 Å². The van der Waals surface area contributed by atoms with Gasteiger partial charge in [-0.15, -0.1) is 19.7 Å². The first kappa shape index (κ1) is 16.1. The quantitative estimate of drug-likeness (QED) is 0.635. The zero-order chi connectivity index (χ0) is 14.1. The SMILES string of the molecule is C=CCO[C@@H]1[C@@H](OCC=C)[C@H](OCC=C)CO[C@@H]1O. The molecule has 0 saturated carbocycles. The molecule has 1 aliphatic heterocycles. The average molecular weight is 270 g/mol. The maximum absolute atomic E-state index is 9.85. The van der Waals surface area contributed by atoms with Gasteiger partial charge in [-0.3, -0.25) is 0 Å². The van der Waals surface area contributed by atoms with Gasteiger partial charge in [-0.2, -0.15) is 0 Å². The predicted octanol–water partition coefficient (Wildman–Crippen LogP) is 1.05. The molecule has 5 nitrogen and oxygen atoms in total. The third kappa shape index (κ3) is 4.89. The summed E-state index contributed by atoms with van der Waals surface area (Å²) in [5.41, 5.74) is 0. The topological polar surface area (TPSA) is 57.2 Å². The van der Waals surface area contributed by atoms with E-state index in [9.17, 15) is 5.11 Å². The molecule has 0 radical (unpaired) electrons. The highest BCUT2D eigenvalue weighted by molar-refractivity contribution is 4.88. The van der Waals surface area contributed by atoms with E-state index < -0.39 is 18.5 Å². The Morgan fingerprint density at radius 3 is 2.05 bits per heavy atom. The highest BCUT2D eigenvalue weighted by Gasteiger charge is 2.41. The molecule has 4 atom stereocenters. The van der Waals surface area contributed by atoms with Gasteiger partial charge in [-0.05, 0) is 0 Å². The number of aliphatic hydroxyl groups excluding tert-OH is 1. The number of hydrogen-bond donors (Lipinski definition) is 1. The lowest BCUT2D eigenvalue weighted by Crippen LogP contribution is -2.56. The lowest BCUT2D eigenvalue weighted by molar-refractivity contribution is -0.275. The van der Waals surface area contributed by atoms with Crippen molar-refractivity contribution in [3.63, 3.8) is 0 Å². The van der Waals surface area contributed by atoms with Crippen molar-refractivity contribution in [2.75, 3.05) is 26.4 Å². The van der Waals surface area contributed by atoms with Gasteiger partial charge in [0.25, 0.3) is 0 Å². The Kier molecular flexibility index (Phi) is 7.62. The number of aliphatic hydroxyl groups is 1. The Morgan fingerprint density at radius 1 is 0.947 bits per heavy atom. The smallest absolute Gasteiger partial charge is 0.183 e. The van der Waals surface area contributed by atoms with Crippen molar-refractivity contribution < 1.29 is 24.1 Å². The van der Waals surface area contributed by atoms with Crippen LogP contribution in [0.5, 0.6) is 0 Å². The second kappa shape index (κ2) is 9.01. The Labute approximate surface area is 114 Å². The summed E-state index contributed by atoms with van der Waals surface area (Å²) >= 11 is 0. The lowest BCUT2D eigenvalue weighted by atomic mass is 10.0. The highest BCUT2D eigenvalue weighted by atomic mass is 16.7. The second-order valence-corrected chi connectivity index (χ2v) is 4.06. The molecule has 1 aliphatic rings. The van der Waals surface area contributed by atoms with E-state index in [1.165, 1.54) is 0 Å². The van der Waals surface area contributed by atoms with E-state index in [2.05, 4.69) is 19.7 Å². The molecular weight excluding hydrogens is 248 g/mol. The van der Waals surface area contributed by atoms with E-state index >= 15 is 0 Å². The van der Waals surface area contributed by atoms with E-state index in [-0.39, 0.29) is 12.7 Å². The molecule has 5 heteroatoms. The van der Waals surface area contributed by atoms with Crippen molar-refractivity contribution in [3.05, 3.63) is 38.0 Å². The molecule has 1 saturated heterocycles. The minimum Gasteiger partial charge on any atom is -0.369 e. The van der Waals surface area contributed by atoms with Gasteiger partial charge in [0, 0.05) is 0 Å². The third-order valence-corrected chi connectivity index (χ3v) is 2.64. The molecular formula is C14H22O5. The Hall–Kier alpha value is -0.980. The standard InChI is InChI=1S/C14H22O5/c1-4-7-16-11-10-19-14(15)13(18-9-6-3)12(11)17-8-5-2/h4-6,11-15H,1-3,7-10H2/t11-,12+,13-,14+/m1/s1. The zero-order valence-corrected chi connectivity index (χ0v) is 11.1. The van der Waals surface area contributed by atoms with Crippen molar-refractivity contribution >= 4 is 0 Å². The molecule has 1 heterocycles. The molecule has 0 aromatic carbocycles. The summed E-state index contributed by atoms with van der Waals surface area (Å²) in [5, 5.41) is 9.85. The molecule has 0 aromatic heterocycles. The molecule has 19 heavy (non-hydrogen) atoms. The van der Waals surface area contributed by atoms with Gasteiger partial charge in [0.1, 0.15) is 18.3 Å². The van der Waals surface area contributed by atoms with Gasteiger partial charge in [-0.25, -0.2) is 0 Å². The van der Waals surface area contributed by atoms with Crippen LogP contribution in [0.3, 0.4) is 0 Å². The van der Waals surface area contributed by atoms with Crippen LogP contribution < -0.4 is 0 Å². The van der Waals surface area contributed by atoms with Crippen LogP contribution in [-0.4, -0.2) is 56.1 Å². The molecule has 108 valence electrons. The number of ether oxygens (including phenoxy) is 4. The summed E-state index contributed by atoms with van der Waals surface area (Å²) in [7, 11) is 0. The van der Waals surface area contributed by atoms with Crippen LogP contribution in [0.25, 0.3) is 0 Å².